The van der Waals surface area contributed by atoms with E-state index in [4.69, 9.17) is 10.00 Å². The minimum absolute atomic E-state index is 0.159. The summed E-state index contributed by atoms with van der Waals surface area (Å²) in [5.74, 6) is 0.154. The third-order valence-corrected chi connectivity index (χ3v) is 4.06. The number of rotatable bonds is 8. The first-order valence-corrected chi connectivity index (χ1v) is 8.43. The standard InChI is InChI=1S/C14H16N2O3S2/c1-2-19-14(18)10-20-9-13(17)16-11-5-3-4-6-12(11)21-8-7-15/h3-6H,2,8-10H2,1H3,(H,16,17). The van der Waals surface area contributed by atoms with Crippen LogP contribution >= 0.6 is 23.5 Å². The molecular weight excluding hydrogens is 308 g/mol. The van der Waals surface area contributed by atoms with E-state index >= 15 is 0 Å². The molecule has 0 spiro atoms. The Morgan fingerprint density at radius 1 is 1.33 bits per heavy atom. The molecule has 0 saturated carbocycles. The molecule has 1 aromatic rings. The number of thioether (sulfide) groups is 2. The number of ether oxygens (including phenoxy) is 1. The lowest BCUT2D eigenvalue weighted by Gasteiger charge is -2.09. The van der Waals surface area contributed by atoms with Gasteiger partial charge in [0.05, 0.1) is 35.6 Å². The Bertz CT molecular complexity index is 529. The molecule has 5 nitrogen and oxygen atoms in total. The van der Waals surface area contributed by atoms with E-state index < -0.39 is 0 Å². The molecule has 0 atom stereocenters. The first-order valence-electron chi connectivity index (χ1n) is 6.29. The molecule has 0 aromatic heterocycles. The van der Waals surface area contributed by atoms with Crippen molar-refractivity contribution >= 4 is 41.1 Å². The van der Waals surface area contributed by atoms with Crippen LogP contribution < -0.4 is 5.32 Å². The molecule has 0 aliphatic heterocycles. The van der Waals surface area contributed by atoms with E-state index in [2.05, 4.69) is 11.4 Å². The first-order chi connectivity index (χ1) is 10.2. The first kappa shape index (κ1) is 17.4. The molecule has 0 heterocycles. The van der Waals surface area contributed by atoms with Crippen LogP contribution in [0.4, 0.5) is 5.69 Å². The lowest BCUT2D eigenvalue weighted by molar-refractivity contribution is -0.139. The van der Waals surface area contributed by atoms with Crippen LogP contribution in [0.3, 0.4) is 0 Å². The smallest absolute Gasteiger partial charge is 0.315 e. The van der Waals surface area contributed by atoms with E-state index in [1.807, 2.05) is 18.2 Å². The van der Waals surface area contributed by atoms with Crippen LogP contribution in [0.15, 0.2) is 29.2 Å². The van der Waals surface area contributed by atoms with E-state index in [1.165, 1.54) is 23.5 Å². The second-order valence-corrected chi connectivity index (χ2v) is 5.79. The van der Waals surface area contributed by atoms with Crippen molar-refractivity contribution in [2.75, 3.05) is 29.2 Å². The molecule has 0 aliphatic rings. The Morgan fingerprint density at radius 3 is 2.81 bits per heavy atom. The van der Waals surface area contributed by atoms with Gasteiger partial charge in [-0.2, -0.15) is 5.26 Å². The van der Waals surface area contributed by atoms with Gasteiger partial charge in [0.1, 0.15) is 0 Å². The Hall–Kier alpha value is -1.65. The number of nitrogens with one attached hydrogen (secondary N) is 1. The summed E-state index contributed by atoms with van der Waals surface area (Å²) in [6.45, 7) is 2.08. The van der Waals surface area contributed by atoms with Crippen molar-refractivity contribution < 1.29 is 14.3 Å². The van der Waals surface area contributed by atoms with Crippen molar-refractivity contribution in [3.05, 3.63) is 24.3 Å². The third-order valence-electron chi connectivity index (χ3n) is 2.21. The molecule has 1 N–H and O–H groups in total. The van der Waals surface area contributed by atoms with Crippen molar-refractivity contribution in [3.63, 3.8) is 0 Å². The highest BCUT2D eigenvalue weighted by Crippen LogP contribution is 2.26. The molecule has 0 saturated heterocycles. The fourth-order valence-electron chi connectivity index (χ4n) is 1.42. The highest BCUT2D eigenvalue weighted by molar-refractivity contribution is 8.00. The molecule has 0 radical (unpaired) electrons. The zero-order chi connectivity index (χ0) is 15.5. The largest absolute Gasteiger partial charge is 0.465 e. The Morgan fingerprint density at radius 2 is 2.10 bits per heavy atom. The molecule has 0 aliphatic carbocycles. The molecule has 21 heavy (non-hydrogen) atoms. The quantitative estimate of drug-likeness (QED) is 0.585. The number of nitriles is 1. The molecule has 1 amide bonds. The normalized spacial score (nSPS) is 9.71. The van der Waals surface area contributed by atoms with Crippen LogP contribution in [0.25, 0.3) is 0 Å². The summed E-state index contributed by atoms with van der Waals surface area (Å²) in [4.78, 5) is 23.8. The predicted molar refractivity (Wildman–Crippen MR) is 85.4 cm³/mol. The zero-order valence-electron chi connectivity index (χ0n) is 11.6. The summed E-state index contributed by atoms with van der Waals surface area (Å²) in [5.41, 5.74) is 0.680. The van der Waals surface area contributed by atoms with Crippen molar-refractivity contribution in [1.29, 1.82) is 5.26 Å². The summed E-state index contributed by atoms with van der Waals surface area (Å²) in [5, 5.41) is 11.4. The van der Waals surface area contributed by atoms with E-state index in [1.54, 1.807) is 13.0 Å². The monoisotopic (exact) mass is 324 g/mol. The Kier molecular flexibility index (Phi) is 8.40. The maximum atomic E-state index is 11.8. The number of esters is 1. The number of para-hydroxylation sites is 1. The lowest BCUT2D eigenvalue weighted by Crippen LogP contribution is -2.16. The SMILES string of the molecule is CCOC(=O)CSCC(=O)Nc1ccccc1SCC#N. The van der Waals surface area contributed by atoms with Gasteiger partial charge in [0.2, 0.25) is 5.91 Å². The number of carbonyl (C=O) groups excluding carboxylic acids is 2. The van der Waals surface area contributed by atoms with Gasteiger partial charge in [0.25, 0.3) is 0 Å². The van der Waals surface area contributed by atoms with Gasteiger partial charge in [-0.3, -0.25) is 9.59 Å². The van der Waals surface area contributed by atoms with Crippen LogP contribution in [0.5, 0.6) is 0 Å². The van der Waals surface area contributed by atoms with E-state index in [9.17, 15) is 9.59 Å². The van der Waals surface area contributed by atoms with Crippen molar-refractivity contribution in [2.24, 2.45) is 0 Å². The van der Waals surface area contributed by atoms with Crippen molar-refractivity contribution in [3.8, 4) is 6.07 Å². The lowest BCUT2D eigenvalue weighted by atomic mass is 10.3. The minimum Gasteiger partial charge on any atom is -0.465 e. The summed E-state index contributed by atoms with van der Waals surface area (Å²) in [7, 11) is 0. The average molecular weight is 324 g/mol. The summed E-state index contributed by atoms with van der Waals surface area (Å²) >= 11 is 2.57. The van der Waals surface area contributed by atoms with Gasteiger partial charge < -0.3 is 10.1 Å². The second-order valence-electron chi connectivity index (χ2n) is 3.79. The summed E-state index contributed by atoms with van der Waals surface area (Å²) in [6.07, 6.45) is 0. The molecule has 0 unspecified atom stereocenters. The molecule has 1 rings (SSSR count). The minimum atomic E-state index is -0.319. The number of benzene rings is 1. The van der Waals surface area contributed by atoms with Gasteiger partial charge >= 0.3 is 5.97 Å². The van der Waals surface area contributed by atoms with E-state index in [0.717, 1.165) is 4.90 Å². The highest BCUT2D eigenvalue weighted by Gasteiger charge is 2.09. The van der Waals surface area contributed by atoms with Gasteiger partial charge in [0, 0.05) is 4.90 Å². The number of amides is 1. The molecule has 7 heteroatoms. The molecule has 112 valence electrons. The maximum absolute atomic E-state index is 11.8. The Labute approximate surface area is 132 Å². The van der Waals surface area contributed by atoms with Crippen molar-refractivity contribution in [2.45, 2.75) is 11.8 Å². The maximum Gasteiger partial charge on any atom is 0.315 e. The van der Waals surface area contributed by atoms with Crippen LogP contribution in [-0.2, 0) is 14.3 Å². The predicted octanol–water partition coefficient (Wildman–Crippen LogP) is 2.54. The van der Waals surface area contributed by atoms with E-state index in [0.29, 0.717) is 18.0 Å². The van der Waals surface area contributed by atoms with Crippen LogP contribution in [0, 0.1) is 11.3 Å². The van der Waals surface area contributed by atoms with Gasteiger partial charge in [-0.15, -0.1) is 23.5 Å². The fourth-order valence-corrected chi connectivity index (χ4v) is 2.70. The summed E-state index contributed by atoms with van der Waals surface area (Å²) < 4.78 is 4.78. The van der Waals surface area contributed by atoms with Crippen molar-refractivity contribution in [1.82, 2.24) is 0 Å². The van der Waals surface area contributed by atoms with Crippen LogP contribution in [0.1, 0.15) is 6.92 Å². The molecule has 1 aromatic carbocycles. The fraction of sp³-hybridized carbons (Fsp3) is 0.357. The molecule has 0 bridgehead atoms. The van der Waals surface area contributed by atoms with E-state index in [-0.39, 0.29) is 23.4 Å². The average Bonchev–Trinajstić information content (AvgIpc) is 2.46. The zero-order valence-corrected chi connectivity index (χ0v) is 13.3. The number of nitrogens with zero attached hydrogens (tertiary/aromatic N) is 1. The molecular formula is C14H16N2O3S2. The van der Waals surface area contributed by atoms with Gasteiger partial charge in [0.15, 0.2) is 0 Å². The van der Waals surface area contributed by atoms with Gasteiger partial charge in [-0.25, -0.2) is 0 Å². The Balaban J connectivity index is 2.44. The van der Waals surface area contributed by atoms with Gasteiger partial charge in [-0.1, -0.05) is 12.1 Å². The van der Waals surface area contributed by atoms with Crippen LogP contribution in [0.2, 0.25) is 0 Å². The third kappa shape index (κ3) is 7.06. The second kappa shape index (κ2) is 10.1. The number of hydrogen-bond donors (Lipinski definition) is 1. The topological polar surface area (TPSA) is 79.2 Å². The van der Waals surface area contributed by atoms with Gasteiger partial charge in [-0.05, 0) is 19.1 Å². The molecule has 0 fully saturated rings. The van der Waals surface area contributed by atoms with Crippen LogP contribution in [-0.4, -0.2) is 35.7 Å². The summed E-state index contributed by atoms with van der Waals surface area (Å²) in [6, 6.07) is 9.36. The number of hydrogen-bond acceptors (Lipinski definition) is 6. The highest BCUT2D eigenvalue weighted by atomic mass is 32.2. The number of anilines is 1. The number of carbonyl (C=O) groups is 2.